The van der Waals surface area contributed by atoms with Crippen LogP contribution in [0.5, 0.6) is 0 Å². The molecule has 6 rings (SSSR count). The van der Waals surface area contributed by atoms with E-state index in [4.69, 9.17) is 0 Å². The van der Waals surface area contributed by atoms with Gasteiger partial charge >= 0.3 is 0 Å². The van der Waals surface area contributed by atoms with E-state index < -0.39 is 0 Å². The maximum atomic E-state index is 13.5. The zero-order valence-corrected chi connectivity index (χ0v) is 17.3. The number of carbonyl (C=O) groups is 2. The van der Waals surface area contributed by atoms with Gasteiger partial charge in [0.05, 0.1) is 5.41 Å². The van der Waals surface area contributed by atoms with E-state index in [0.717, 1.165) is 83.0 Å². The van der Waals surface area contributed by atoms with Crippen molar-refractivity contribution in [1.29, 1.82) is 0 Å². The minimum atomic E-state index is -0.0978. The first-order valence-corrected chi connectivity index (χ1v) is 11.5. The smallest absolute Gasteiger partial charge is 0.228 e. The zero-order valence-electron chi connectivity index (χ0n) is 15.7. The van der Waals surface area contributed by atoms with Gasteiger partial charge in [0, 0.05) is 36.4 Å². The Balaban J connectivity index is 1.24. The summed E-state index contributed by atoms with van der Waals surface area (Å²) in [5.74, 6) is 2.41. The molecule has 2 heterocycles. The van der Waals surface area contributed by atoms with Gasteiger partial charge in [0.2, 0.25) is 11.8 Å². The van der Waals surface area contributed by atoms with Crippen LogP contribution in [0.1, 0.15) is 64.2 Å². The molecule has 144 valence electrons. The molecule has 0 N–H and O–H groups in total. The van der Waals surface area contributed by atoms with Crippen LogP contribution in [0, 0.1) is 23.2 Å². The lowest BCUT2D eigenvalue weighted by molar-refractivity contribution is -0.158. The zero-order chi connectivity index (χ0) is 17.9. The van der Waals surface area contributed by atoms with Gasteiger partial charge in [0.15, 0.2) is 0 Å². The molecular formula is C21H31BrN2O2. The fourth-order valence-electron chi connectivity index (χ4n) is 7.26. The third kappa shape index (κ3) is 2.84. The van der Waals surface area contributed by atoms with Crippen molar-refractivity contribution in [2.75, 3.05) is 26.2 Å². The molecule has 4 aliphatic carbocycles. The van der Waals surface area contributed by atoms with Crippen LogP contribution in [0.25, 0.3) is 0 Å². The minimum Gasteiger partial charge on any atom is -0.342 e. The van der Waals surface area contributed by atoms with E-state index in [9.17, 15) is 9.59 Å². The van der Waals surface area contributed by atoms with Crippen LogP contribution < -0.4 is 0 Å². The highest BCUT2D eigenvalue weighted by Crippen LogP contribution is 2.64. The van der Waals surface area contributed by atoms with Crippen molar-refractivity contribution in [3.63, 3.8) is 0 Å². The molecule has 0 aromatic rings. The third-order valence-corrected chi connectivity index (χ3v) is 8.92. The van der Waals surface area contributed by atoms with Crippen molar-refractivity contribution < 1.29 is 9.59 Å². The predicted molar refractivity (Wildman–Crippen MR) is 104 cm³/mol. The van der Waals surface area contributed by atoms with E-state index in [1.54, 1.807) is 0 Å². The number of carbonyl (C=O) groups excluding carboxylic acids is 2. The monoisotopic (exact) mass is 422 g/mol. The molecule has 2 amide bonds. The van der Waals surface area contributed by atoms with Gasteiger partial charge in [0.1, 0.15) is 0 Å². The molecular weight excluding hydrogens is 392 g/mol. The highest BCUT2D eigenvalue weighted by atomic mass is 79.9. The maximum absolute atomic E-state index is 13.5. The van der Waals surface area contributed by atoms with E-state index in [0.29, 0.717) is 11.8 Å². The van der Waals surface area contributed by atoms with Crippen LogP contribution in [-0.4, -0.2) is 52.1 Å². The first kappa shape index (κ1) is 17.5. The molecule has 2 aliphatic heterocycles. The molecule has 0 aromatic heterocycles. The van der Waals surface area contributed by atoms with E-state index in [1.165, 1.54) is 19.3 Å². The molecule has 2 atom stereocenters. The Hall–Kier alpha value is -0.580. The van der Waals surface area contributed by atoms with Crippen LogP contribution in [0.2, 0.25) is 0 Å². The molecule has 0 radical (unpaired) electrons. The van der Waals surface area contributed by atoms with Crippen molar-refractivity contribution in [3.05, 3.63) is 0 Å². The lowest BCUT2D eigenvalue weighted by atomic mass is 9.49. The van der Waals surface area contributed by atoms with Gasteiger partial charge in [-0.05, 0) is 76.0 Å². The van der Waals surface area contributed by atoms with Gasteiger partial charge in [-0.3, -0.25) is 9.59 Å². The number of hydrogen-bond donors (Lipinski definition) is 0. The van der Waals surface area contributed by atoms with Crippen LogP contribution >= 0.6 is 15.9 Å². The Morgan fingerprint density at radius 2 is 1.46 bits per heavy atom. The van der Waals surface area contributed by atoms with Gasteiger partial charge in [-0.25, -0.2) is 0 Å². The normalized spacial score (nSPS) is 42.5. The number of rotatable bonds is 2. The van der Waals surface area contributed by atoms with Crippen molar-refractivity contribution in [2.24, 2.45) is 23.2 Å². The van der Waals surface area contributed by atoms with Gasteiger partial charge in [-0.1, -0.05) is 15.9 Å². The van der Waals surface area contributed by atoms with Crippen molar-refractivity contribution >= 4 is 27.7 Å². The molecule has 2 unspecified atom stereocenters. The predicted octanol–water partition coefficient (Wildman–Crippen LogP) is 3.58. The Kier molecular flexibility index (Phi) is 4.19. The van der Waals surface area contributed by atoms with E-state index in [1.807, 2.05) is 0 Å². The summed E-state index contributed by atoms with van der Waals surface area (Å²) in [5.41, 5.74) is -0.0978. The Morgan fingerprint density at radius 1 is 0.846 bits per heavy atom. The highest BCUT2D eigenvalue weighted by molar-refractivity contribution is 9.10. The highest BCUT2D eigenvalue weighted by Gasteiger charge is 2.60. The number of nitrogens with zero attached hydrogens (tertiary/aromatic N) is 2. The van der Waals surface area contributed by atoms with Gasteiger partial charge < -0.3 is 9.80 Å². The summed E-state index contributed by atoms with van der Waals surface area (Å²) in [6.07, 6.45) is 11.2. The van der Waals surface area contributed by atoms with Crippen LogP contribution in [0.15, 0.2) is 0 Å². The molecule has 0 aromatic carbocycles. The summed E-state index contributed by atoms with van der Waals surface area (Å²) in [7, 11) is 0. The van der Waals surface area contributed by atoms with Gasteiger partial charge in [-0.15, -0.1) is 0 Å². The molecule has 4 nitrogen and oxygen atoms in total. The second-order valence-electron chi connectivity index (χ2n) is 9.99. The average molecular weight is 423 g/mol. The average Bonchev–Trinajstić information content (AvgIpc) is 3.13. The SMILES string of the molecule is O=C(C1CCN(C(=O)C23CC4CC(CC(Br)(C4)C2)C3)CC1)N1CCCC1. The van der Waals surface area contributed by atoms with Crippen LogP contribution in [0.4, 0.5) is 0 Å². The maximum Gasteiger partial charge on any atom is 0.228 e. The van der Waals surface area contributed by atoms with Crippen molar-refractivity contribution in [2.45, 2.75) is 68.5 Å². The summed E-state index contributed by atoms with van der Waals surface area (Å²) in [5, 5.41) is 0. The largest absolute Gasteiger partial charge is 0.342 e. The molecule has 5 heteroatoms. The number of hydrogen-bond acceptors (Lipinski definition) is 2. The quantitative estimate of drug-likeness (QED) is 0.637. The fraction of sp³-hybridized carbons (Fsp3) is 0.905. The number of amides is 2. The standard InChI is InChI=1S/C21H31BrN2O2/c22-21-12-15-9-16(13-21)11-20(10-15,14-21)19(26)24-7-3-17(4-8-24)18(25)23-5-1-2-6-23/h15-17H,1-14H2. The second kappa shape index (κ2) is 6.22. The third-order valence-electron chi connectivity index (χ3n) is 7.99. The Bertz CT molecular complexity index is 593. The molecule has 6 fully saturated rings. The first-order valence-electron chi connectivity index (χ1n) is 10.7. The van der Waals surface area contributed by atoms with Crippen LogP contribution in [-0.2, 0) is 9.59 Å². The summed E-state index contributed by atoms with van der Waals surface area (Å²) in [6, 6.07) is 0. The molecule has 4 saturated carbocycles. The van der Waals surface area contributed by atoms with Gasteiger partial charge in [0.25, 0.3) is 0 Å². The lowest BCUT2D eigenvalue weighted by Crippen LogP contribution is -2.59. The Labute approximate surface area is 165 Å². The molecule has 0 spiro atoms. The van der Waals surface area contributed by atoms with Crippen molar-refractivity contribution in [1.82, 2.24) is 9.80 Å². The van der Waals surface area contributed by atoms with Crippen LogP contribution in [0.3, 0.4) is 0 Å². The molecule has 6 aliphatic rings. The summed E-state index contributed by atoms with van der Waals surface area (Å²) in [4.78, 5) is 30.4. The lowest BCUT2D eigenvalue weighted by Gasteiger charge is -2.60. The number of alkyl halides is 1. The number of likely N-dealkylation sites (tertiary alicyclic amines) is 2. The second-order valence-corrected chi connectivity index (χ2v) is 11.7. The summed E-state index contributed by atoms with van der Waals surface area (Å²) in [6.45, 7) is 3.46. The molecule has 4 bridgehead atoms. The fourth-order valence-corrected chi connectivity index (χ4v) is 8.71. The Morgan fingerprint density at radius 3 is 2.04 bits per heavy atom. The number of piperidine rings is 1. The number of halogens is 1. The molecule has 26 heavy (non-hydrogen) atoms. The first-order chi connectivity index (χ1) is 12.5. The topological polar surface area (TPSA) is 40.6 Å². The van der Waals surface area contributed by atoms with E-state index in [2.05, 4.69) is 25.7 Å². The summed E-state index contributed by atoms with van der Waals surface area (Å²) < 4.78 is 0.233. The molecule has 2 saturated heterocycles. The summed E-state index contributed by atoms with van der Waals surface area (Å²) >= 11 is 4.03. The minimum absolute atomic E-state index is 0.0978. The van der Waals surface area contributed by atoms with E-state index in [-0.39, 0.29) is 15.7 Å². The van der Waals surface area contributed by atoms with E-state index >= 15 is 0 Å². The van der Waals surface area contributed by atoms with Gasteiger partial charge in [-0.2, -0.15) is 0 Å². The van der Waals surface area contributed by atoms with Crippen molar-refractivity contribution in [3.8, 4) is 0 Å².